The standard InChI is InChI=1S/C17H15NO4/c19-16(20)15(17(21)22)14(18-11-5-2-6-12-18)10-9-13-7-3-1-4-8-13/h1-12,14-15H,(H-,19,20,21,22)/b10-9+/i10D,15D/hD. The van der Waals surface area contributed by atoms with Crippen LogP contribution in [0.25, 0.3) is 7.51 Å². The van der Waals surface area contributed by atoms with E-state index in [1.54, 1.807) is 48.5 Å². The number of carbonyl (C=O) groups excluding carboxylic acids is 1. The summed E-state index contributed by atoms with van der Waals surface area (Å²) in [6, 6.07) is 11.5. The molecule has 5 nitrogen and oxygen atoms in total. The van der Waals surface area contributed by atoms with Crippen molar-refractivity contribution in [1.29, 1.82) is 1.43 Å². The minimum Gasteiger partial charge on any atom is -0.549 e. The summed E-state index contributed by atoms with van der Waals surface area (Å²) >= 11 is 0. The molecule has 1 heterocycles. The lowest BCUT2D eigenvalue weighted by atomic mass is 9.98. The van der Waals surface area contributed by atoms with Crippen molar-refractivity contribution < 1.29 is 27.1 Å². The van der Waals surface area contributed by atoms with Crippen molar-refractivity contribution in [1.82, 2.24) is 0 Å². The lowest BCUT2D eigenvalue weighted by molar-refractivity contribution is -0.716. The molecule has 0 saturated carbocycles. The minimum atomic E-state index is -3.00. The summed E-state index contributed by atoms with van der Waals surface area (Å²) in [7, 11) is 0. The third-order valence-electron chi connectivity index (χ3n) is 2.96. The normalized spacial score (nSPS) is 17.3. The zero-order chi connectivity index (χ0) is 18.4. The van der Waals surface area contributed by atoms with Crippen LogP contribution in [0.2, 0.25) is 0 Å². The summed E-state index contributed by atoms with van der Waals surface area (Å²) in [5, 5.41) is 15.3. The van der Waals surface area contributed by atoms with Gasteiger partial charge in [-0.3, -0.25) is 4.79 Å². The number of rotatable bonds is 6. The van der Waals surface area contributed by atoms with Crippen molar-refractivity contribution in [2.75, 3.05) is 0 Å². The predicted molar refractivity (Wildman–Crippen MR) is 77.3 cm³/mol. The molecule has 0 saturated heterocycles. The Labute approximate surface area is 132 Å². The van der Waals surface area contributed by atoms with Gasteiger partial charge in [-0.2, -0.15) is 4.57 Å². The van der Waals surface area contributed by atoms with Crippen LogP contribution >= 0.6 is 0 Å². The maximum absolute atomic E-state index is 11.9. The van der Waals surface area contributed by atoms with Gasteiger partial charge in [0.2, 0.25) is 0 Å². The first-order valence-corrected chi connectivity index (χ1v) is 6.49. The van der Waals surface area contributed by atoms with Gasteiger partial charge in [-0.15, -0.1) is 0 Å². The van der Waals surface area contributed by atoms with Gasteiger partial charge in [0.1, 0.15) is 0 Å². The van der Waals surface area contributed by atoms with E-state index in [4.69, 9.17) is 4.17 Å². The molecular formula is C17H15NO4. The van der Waals surface area contributed by atoms with Crippen LogP contribution in [0.1, 0.15) is 14.3 Å². The van der Waals surface area contributed by atoms with Crippen molar-refractivity contribution in [2.45, 2.75) is 6.04 Å². The zero-order valence-corrected chi connectivity index (χ0v) is 11.5. The SMILES string of the molecule is [2H]OC(=O)C([2H])(C(=O)[O-])C(/C([2H])=C/c1ccccc1)[n+]1ccccc1. The van der Waals surface area contributed by atoms with Gasteiger partial charge < -0.3 is 15.0 Å². The molecule has 1 aromatic heterocycles. The highest BCUT2D eigenvalue weighted by molar-refractivity contribution is 5.92. The summed E-state index contributed by atoms with van der Waals surface area (Å²) < 4.78 is 24.4. The first-order valence-electron chi connectivity index (χ1n) is 7.90. The number of aliphatic carboxylic acids is 2. The van der Waals surface area contributed by atoms with Crippen LogP contribution in [0.15, 0.2) is 67.0 Å². The highest BCUT2D eigenvalue weighted by Gasteiger charge is 2.34. The fraction of sp³-hybridized carbons (Fsp3) is 0.118. The summed E-state index contributed by atoms with van der Waals surface area (Å²) in [5.41, 5.74) is 0.592. The molecule has 1 aromatic carbocycles. The van der Waals surface area contributed by atoms with Gasteiger partial charge in [-0.1, -0.05) is 42.5 Å². The zero-order valence-electron chi connectivity index (χ0n) is 14.5. The van der Waals surface area contributed by atoms with Gasteiger partial charge in [0.25, 0.3) is 1.43 Å². The largest absolute Gasteiger partial charge is 0.549 e. The van der Waals surface area contributed by atoms with Gasteiger partial charge >= 0.3 is 5.97 Å². The third kappa shape index (κ3) is 3.79. The molecule has 2 aromatic rings. The van der Waals surface area contributed by atoms with Gasteiger partial charge in [-0.25, -0.2) is 0 Å². The summed E-state index contributed by atoms with van der Waals surface area (Å²) in [4.78, 5) is 23.5. The van der Waals surface area contributed by atoms with E-state index in [0.717, 1.165) is 0 Å². The van der Waals surface area contributed by atoms with Crippen molar-refractivity contribution in [2.24, 2.45) is 5.89 Å². The van der Waals surface area contributed by atoms with E-state index >= 15 is 0 Å². The molecule has 0 amide bonds. The molecule has 112 valence electrons. The Kier molecular flexibility index (Phi) is 3.81. The van der Waals surface area contributed by atoms with Crippen LogP contribution in [0, 0.1) is 5.89 Å². The highest BCUT2D eigenvalue weighted by atomic mass is 16.4. The van der Waals surface area contributed by atoms with Crippen LogP contribution < -0.4 is 9.67 Å². The monoisotopic (exact) mass is 300 g/mol. The van der Waals surface area contributed by atoms with Crippen molar-refractivity contribution in [3.05, 3.63) is 72.5 Å². The fourth-order valence-electron chi connectivity index (χ4n) is 1.93. The second-order valence-electron chi connectivity index (χ2n) is 4.44. The van der Waals surface area contributed by atoms with Gasteiger partial charge in [0.15, 0.2) is 24.3 Å². The number of carboxylic acid groups (broad SMARTS) is 2. The van der Waals surface area contributed by atoms with E-state index in [2.05, 4.69) is 5.11 Å². The lowest BCUT2D eigenvalue weighted by Gasteiger charge is -2.17. The second-order valence-corrected chi connectivity index (χ2v) is 4.44. The topological polar surface area (TPSA) is 81.3 Å². The van der Waals surface area contributed by atoms with E-state index in [9.17, 15) is 14.7 Å². The maximum Gasteiger partial charge on any atom is 0.319 e. The Morgan fingerprint density at radius 3 is 2.45 bits per heavy atom. The number of nitrogens with zero attached hydrogens (tertiary/aromatic N) is 1. The summed E-state index contributed by atoms with van der Waals surface area (Å²) in [5.74, 6) is -6.70. The Morgan fingerprint density at radius 2 is 1.86 bits per heavy atom. The van der Waals surface area contributed by atoms with E-state index < -0.39 is 23.9 Å². The van der Waals surface area contributed by atoms with Crippen molar-refractivity contribution in [3.8, 4) is 0 Å². The predicted octanol–water partition coefficient (Wildman–Crippen LogP) is 0.679. The molecule has 2 rings (SSSR count). The molecule has 0 bridgehead atoms. The Bertz CT molecular complexity index is 783. The molecule has 2 unspecified atom stereocenters. The smallest absolute Gasteiger partial charge is 0.319 e. The van der Waals surface area contributed by atoms with Gasteiger partial charge in [-0.05, 0) is 11.6 Å². The number of benzene rings is 1. The highest BCUT2D eigenvalue weighted by Crippen LogP contribution is 2.16. The molecule has 0 aliphatic carbocycles. The summed E-state index contributed by atoms with van der Waals surface area (Å²) in [6.07, 6.45) is 4.18. The molecule has 0 radical (unpaired) electrons. The molecule has 0 fully saturated rings. The molecule has 0 spiro atoms. The van der Waals surface area contributed by atoms with E-state index in [1.165, 1.54) is 23.0 Å². The number of aromatic nitrogens is 1. The molecule has 5 heteroatoms. The average molecular weight is 300 g/mol. The Balaban J connectivity index is 2.63. The summed E-state index contributed by atoms with van der Waals surface area (Å²) in [6.45, 7) is 0. The minimum absolute atomic E-state index is 0.327. The number of allylic oxidation sites excluding steroid dienone is 1. The van der Waals surface area contributed by atoms with Crippen LogP contribution in [0.4, 0.5) is 0 Å². The number of carboxylic acids is 2. The molecule has 0 aliphatic rings. The van der Waals surface area contributed by atoms with Crippen molar-refractivity contribution in [3.63, 3.8) is 0 Å². The molecule has 0 aliphatic heterocycles. The van der Waals surface area contributed by atoms with Crippen LogP contribution in [0.3, 0.4) is 0 Å². The first kappa shape index (κ1) is 11.7. The van der Waals surface area contributed by atoms with Crippen molar-refractivity contribution >= 4 is 18.0 Å². The number of pyridine rings is 1. The van der Waals surface area contributed by atoms with E-state index in [1.807, 2.05) is 0 Å². The molecule has 1 N–H and O–H groups in total. The van der Waals surface area contributed by atoms with Gasteiger partial charge in [0.05, 0.1) is 8.71 Å². The van der Waals surface area contributed by atoms with Crippen LogP contribution in [-0.2, 0) is 9.59 Å². The van der Waals surface area contributed by atoms with Crippen LogP contribution in [-0.4, -0.2) is 17.0 Å². The number of carbonyl (C=O) groups is 2. The molecule has 22 heavy (non-hydrogen) atoms. The Morgan fingerprint density at radius 1 is 1.23 bits per heavy atom. The Hall–Kier alpha value is -2.95. The fourth-order valence-corrected chi connectivity index (χ4v) is 1.93. The molecular weight excluding hydrogens is 282 g/mol. The van der Waals surface area contributed by atoms with E-state index in [-0.39, 0.29) is 6.05 Å². The van der Waals surface area contributed by atoms with Gasteiger partial charge in [0, 0.05) is 12.1 Å². The lowest BCUT2D eigenvalue weighted by Crippen LogP contribution is -2.50. The molecule has 2 atom stereocenters. The second kappa shape index (κ2) is 7.17. The number of hydrogen-bond acceptors (Lipinski definition) is 4. The average Bonchev–Trinajstić information content (AvgIpc) is 2.62. The van der Waals surface area contributed by atoms with E-state index in [0.29, 0.717) is 5.56 Å². The number of hydrogen-bond donors (Lipinski definition) is 1. The third-order valence-corrected chi connectivity index (χ3v) is 2.96. The maximum atomic E-state index is 11.9. The first-order chi connectivity index (χ1) is 11.9. The quantitative estimate of drug-likeness (QED) is 0.628. The van der Waals surface area contributed by atoms with Crippen LogP contribution in [0.5, 0.6) is 0 Å².